The van der Waals surface area contributed by atoms with E-state index in [4.69, 9.17) is 11.5 Å². The average Bonchev–Trinajstić information content (AvgIpc) is 2.43. The Hall–Kier alpha value is -1.12. The molecule has 0 aromatic heterocycles. The predicted octanol–water partition coefficient (Wildman–Crippen LogP) is 3.32. The zero-order chi connectivity index (χ0) is 14.1. The van der Waals surface area contributed by atoms with Crippen LogP contribution in [0.5, 0.6) is 0 Å². The third-order valence-corrected chi connectivity index (χ3v) is 5.14. The molecule has 4 N–H and O–H groups in total. The normalized spacial score (nSPS) is 28.3. The minimum Gasteiger partial charge on any atom is -0.310 e. The van der Waals surface area contributed by atoms with Crippen LogP contribution in [0, 0.1) is 5.41 Å². The number of allylic oxidation sites excluding steroid dienone is 1. The van der Waals surface area contributed by atoms with Crippen molar-refractivity contribution < 1.29 is 0 Å². The summed E-state index contributed by atoms with van der Waals surface area (Å²) in [6.07, 6.45) is 7.23. The molecule has 0 radical (unpaired) electrons. The van der Waals surface area contributed by atoms with Crippen LogP contribution in [-0.2, 0) is 5.41 Å². The molecule has 1 aliphatic rings. The first-order valence-corrected chi connectivity index (χ1v) is 7.23. The van der Waals surface area contributed by atoms with E-state index in [-0.39, 0.29) is 10.8 Å². The molecule has 1 aromatic rings. The molecule has 104 valence electrons. The van der Waals surface area contributed by atoms with Gasteiger partial charge in [-0.1, -0.05) is 63.3 Å². The van der Waals surface area contributed by atoms with Gasteiger partial charge in [0.25, 0.3) is 0 Å². The highest BCUT2D eigenvalue weighted by atomic mass is 15.0. The van der Waals surface area contributed by atoms with E-state index in [1.165, 1.54) is 5.56 Å². The van der Waals surface area contributed by atoms with Gasteiger partial charge in [0.2, 0.25) is 0 Å². The minimum absolute atomic E-state index is 0.0233. The lowest BCUT2D eigenvalue weighted by Crippen LogP contribution is -2.64. The molecular weight excluding hydrogens is 232 g/mol. The second kappa shape index (κ2) is 4.77. The fourth-order valence-corrected chi connectivity index (χ4v) is 3.54. The van der Waals surface area contributed by atoms with E-state index in [1.807, 2.05) is 6.08 Å². The Labute approximate surface area is 116 Å². The lowest BCUT2D eigenvalue weighted by atomic mass is 9.57. The highest BCUT2D eigenvalue weighted by Gasteiger charge is 2.49. The summed E-state index contributed by atoms with van der Waals surface area (Å²) in [6, 6.07) is 10.6. The van der Waals surface area contributed by atoms with E-state index in [0.717, 1.165) is 19.3 Å². The SMILES string of the molecule is CCC1(CC)CC(C)(c2ccccc2)C=CC1(N)N. The molecule has 0 heterocycles. The molecule has 2 rings (SSSR count). The highest BCUT2D eigenvalue weighted by molar-refractivity contribution is 5.35. The first-order valence-electron chi connectivity index (χ1n) is 7.23. The molecular formula is C17H26N2. The summed E-state index contributed by atoms with van der Waals surface area (Å²) in [6.45, 7) is 6.68. The third-order valence-electron chi connectivity index (χ3n) is 5.14. The Kier molecular flexibility index (Phi) is 3.59. The number of hydrogen-bond acceptors (Lipinski definition) is 2. The van der Waals surface area contributed by atoms with Crippen molar-refractivity contribution in [3.8, 4) is 0 Å². The maximum atomic E-state index is 6.37. The largest absolute Gasteiger partial charge is 0.310 e. The minimum atomic E-state index is -0.704. The van der Waals surface area contributed by atoms with Crippen molar-refractivity contribution in [1.29, 1.82) is 0 Å². The summed E-state index contributed by atoms with van der Waals surface area (Å²) >= 11 is 0. The van der Waals surface area contributed by atoms with Crippen molar-refractivity contribution in [3.05, 3.63) is 48.0 Å². The zero-order valence-corrected chi connectivity index (χ0v) is 12.3. The van der Waals surface area contributed by atoms with E-state index >= 15 is 0 Å². The Bertz CT molecular complexity index is 457. The highest BCUT2D eigenvalue weighted by Crippen LogP contribution is 2.50. The maximum Gasteiger partial charge on any atom is 0.0886 e. The molecule has 1 atom stereocenters. The van der Waals surface area contributed by atoms with Crippen molar-refractivity contribution >= 4 is 0 Å². The molecule has 2 nitrogen and oxygen atoms in total. The quantitative estimate of drug-likeness (QED) is 0.645. The van der Waals surface area contributed by atoms with E-state index in [1.54, 1.807) is 0 Å². The summed E-state index contributed by atoms with van der Waals surface area (Å²) < 4.78 is 0. The van der Waals surface area contributed by atoms with Crippen molar-refractivity contribution in [2.24, 2.45) is 16.9 Å². The van der Waals surface area contributed by atoms with Gasteiger partial charge in [0, 0.05) is 10.8 Å². The molecule has 0 saturated carbocycles. The smallest absolute Gasteiger partial charge is 0.0886 e. The Balaban J connectivity index is 2.47. The van der Waals surface area contributed by atoms with Crippen LogP contribution in [0.4, 0.5) is 0 Å². The van der Waals surface area contributed by atoms with Gasteiger partial charge in [-0.2, -0.15) is 0 Å². The van der Waals surface area contributed by atoms with Gasteiger partial charge < -0.3 is 11.5 Å². The van der Waals surface area contributed by atoms with Gasteiger partial charge >= 0.3 is 0 Å². The third kappa shape index (κ3) is 2.24. The molecule has 0 aliphatic heterocycles. The fraction of sp³-hybridized carbons (Fsp3) is 0.529. The molecule has 1 aromatic carbocycles. The Morgan fingerprint density at radius 2 is 1.58 bits per heavy atom. The van der Waals surface area contributed by atoms with Gasteiger partial charge in [0.15, 0.2) is 0 Å². The number of benzene rings is 1. The van der Waals surface area contributed by atoms with Crippen LogP contribution in [0.1, 0.15) is 45.6 Å². The molecule has 0 fully saturated rings. The number of nitrogens with two attached hydrogens (primary N) is 2. The second-order valence-electron chi connectivity index (χ2n) is 6.21. The van der Waals surface area contributed by atoms with Crippen LogP contribution in [0.25, 0.3) is 0 Å². The molecule has 0 saturated heterocycles. The monoisotopic (exact) mass is 258 g/mol. The molecule has 1 aliphatic carbocycles. The molecule has 2 heteroatoms. The van der Waals surface area contributed by atoms with E-state index in [9.17, 15) is 0 Å². The van der Waals surface area contributed by atoms with Crippen LogP contribution in [0.2, 0.25) is 0 Å². The summed E-state index contributed by atoms with van der Waals surface area (Å²) in [7, 11) is 0. The Morgan fingerprint density at radius 1 is 1.00 bits per heavy atom. The summed E-state index contributed by atoms with van der Waals surface area (Å²) in [5.74, 6) is 0. The van der Waals surface area contributed by atoms with Crippen LogP contribution < -0.4 is 11.5 Å². The van der Waals surface area contributed by atoms with Crippen LogP contribution in [0.15, 0.2) is 42.5 Å². The zero-order valence-electron chi connectivity index (χ0n) is 12.3. The van der Waals surface area contributed by atoms with Crippen LogP contribution in [-0.4, -0.2) is 5.66 Å². The van der Waals surface area contributed by atoms with Crippen molar-refractivity contribution in [1.82, 2.24) is 0 Å². The van der Waals surface area contributed by atoms with Gasteiger partial charge in [0.05, 0.1) is 5.66 Å². The average molecular weight is 258 g/mol. The lowest BCUT2D eigenvalue weighted by Gasteiger charge is -2.52. The summed E-state index contributed by atoms with van der Waals surface area (Å²) in [4.78, 5) is 0. The topological polar surface area (TPSA) is 52.0 Å². The first kappa shape index (κ1) is 14.3. The fourth-order valence-electron chi connectivity index (χ4n) is 3.54. The van der Waals surface area contributed by atoms with Crippen LogP contribution >= 0.6 is 0 Å². The van der Waals surface area contributed by atoms with Gasteiger partial charge in [-0.25, -0.2) is 0 Å². The molecule has 0 bridgehead atoms. The molecule has 1 unspecified atom stereocenters. The number of hydrogen-bond donors (Lipinski definition) is 2. The summed E-state index contributed by atoms with van der Waals surface area (Å²) in [5.41, 5.74) is 13.4. The summed E-state index contributed by atoms with van der Waals surface area (Å²) in [5, 5.41) is 0. The van der Waals surface area contributed by atoms with Crippen molar-refractivity contribution in [2.75, 3.05) is 0 Å². The molecule has 0 amide bonds. The molecule has 19 heavy (non-hydrogen) atoms. The Morgan fingerprint density at radius 3 is 2.11 bits per heavy atom. The number of rotatable bonds is 3. The maximum absolute atomic E-state index is 6.37. The van der Waals surface area contributed by atoms with E-state index in [0.29, 0.717) is 0 Å². The van der Waals surface area contributed by atoms with Gasteiger partial charge in [-0.15, -0.1) is 0 Å². The van der Waals surface area contributed by atoms with E-state index < -0.39 is 5.66 Å². The second-order valence-corrected chi connectivity index (χ2v) is 6.21. The first-order chi connectivity index (χ1) is 8.89. The van der Waals surface area contributed by atoms with Gasteiger partial charge in [-0.3, -0.25) is 0 Å². The van der Waals surface area contributed by atoms with Crippen LogP contribution in [0.3, 0.4) is 0 Å². The van der Waals surface area contributed by atoms with Gasteiger partial charge in [0.1, 0.15) is 0 Å². The van der Waals surface area contributed by atoms with Gasteiger partial charge in [-0.05, 0) is 24.8 Å². The molecule has 0 spiro atoms. The van der Waals surface area contributed by atoms with E-state index in [2.05, 4.69) is 57.2 Å². The van der Waals surface area contributed by atoms with Crippen molar-refractivity contribution in [2.45, 2.75) is 51.1 Å². The standard InChI is InChI=1S/C17H26N2/c1-4-16(5-2)13-15(3,11-12-17(16,18)19)14-9-7-6-8-10-14/h6-12H,4-5,13,18-19H2,1-3H3. The predicted molar refractivity (Wildman–Crippen MR) is 81.7 cm³/mol. The lowest BCUT2D eigenvalue weighted by molar-refractivity contribution is 0.0958. The van der Waals surface area contributed by atoms with Crippen molar-refractivity contribution in [3.63, 3.8) is 0 Å².